The van der Waals surface area contributed by atoms with E-state index in [1.54, 1.807) is 23.7 Å². The first-order valence-electron chi connectivity index (χ1n) is 9.98. The predicted molar refractivity (Wildman–Crippen MR) is 119 cm³/mol. The van der Waals surface area contributed by atoms with Crippen molar-refractivity contribution in [3.05, 3.63) is 40.8 Å². The molecule has 2 amide bonds. The largest absolute Gasteiger partial charge is 0.493 e. The lowest BCUT2D eigenvalue weighted by molar-refractivity contribution is -0.114. The number of carbonyl (C=O) groups is 2. The fourth-order valence-corrected chi connectivity index (χ4v) is 3.67. The van der Waals surface area contributed by atoms with Gasteiger partial charge in [0.25, 0.3) is 5.56 Å². The normalized spacial score (nSPS) is 13.0. The molecule has 0 fully saturated rings. The summed E-state index contributed by atoms with van der Waals surface area (Å²) < 4.78 is 7.45. The number of nitrogens with zero attached hydrogens (tertiary/aromatic N) is 2. The van der Waals surface area contributed by atoms with Crippen LogP contribution < -0.4 is 20.9 Å². The van der Waals surface area contributed by atoms with Crippen molar-refractivity contribution in [2.45, 2.75) is 33.2 Å². The highest BCUT2D eigenvalue weighted by molar-refractivity contribution is 6.07. The first kappa shape index (κ1) is 22.1. The number of ether oxygens (including phenoxy) is 1. The van der Waals surface area contributed by atoms with Gasteiger partial charge < -0.3 is 25.0 Å². The lowest BCUT2D eigenvalue weighted by atomic mass is 10.0. The van der Waals surface area contributed by atoms with E-state index >= 15 is 0 Å². The quantitative estimate of drug-likeness (QED) is 0.499. The molecule has 2 unspecified atom stereocenters. The number of pyridine rings is 2. The zero-order chi connectivity index (χ0) is 22.7. The number of carboxylic acid groups (broad SMARTS) is 1. The van der Waals surface area contributed by atoms with Crippen molar-refractivity contribution in [3.8, 4) is 5.75 Å². The summed E-state index contributed by atoms with van der Waals surface area (Å²) in [6.45, 7) is 5.61. The zero-order valence-corrected chi connectivity index (χ0v) is 17.9. The SMILES string of the molecule is CC(=O)Nc1cc2c(cn1)c(=O)n(C)c1cc(OCC(C)CC(C)NC(=O)O)ccc21. The summed E-state index contributed by atoms with van der Waals surface area (Å²) in [6.07, 6.45) is 1.07. The van der Waals surface area contributed by atoms with Gasteiger partial charge in [-0.1, -0.05) is 6.92 Å². The van der Waals surface area contributed by atoms with Gasteiger partial charge in [-0.05, 0) is 37.5 Å². The van der Waals surface area contributed by atoms with Crippen LogP contribution in [0.5, 0.6) is 5.75 Å². The number of benzene rings is 1. The topological polar surface area (TPSA) is 123 Å². The van der Waals surface area contributed by atoms with E-state index in [0.717, 1.165) is 5.39 Å². The summed E-state index contributed by atoms with van der Waals surface area (Å²) >= 11 is 0. The molecule has 2 aromatic heterocycles. The first-order chi connectivity index (χ1) is 14.7. The van der Waals surface area contributed by atoms with Crippen LogP contribution in [0.3, 0.4) is 0 Å². The molecule has 9 nitrogen and oxygen atoms in total. The lowest BCUT2D eigenvalue weighted by Gasteiger charge is -2.18. The van der Waals surface area contributed by atoms with E-state index in [9.17, 15) is 14.4 Å². The zero-order valence-electron chi connectivity index (χ0n) is 17.9. The van der Waals surface area contributed by atoms with Gasteiger partial charge >= 0.3 is 6.09 Å². The molecular formula is C22H26N4O5. The molecule has 0 bridgehead atoms. The molecular weight excluding hydrogens is 400 g/mol. The van der Waals surface area contributed by atoms with Crippen LogP contribution in [0.2, 0.25) is 0 Å². The summed E-state index contributed by atoms with van der Waals surface area (Å²) in [5.41, 5.74) is 0.506. The summed E-state index contributed by atoms with van der Waals surface area (Å²) in [7, 11) is 1.69. The van der Waals surface area contributed by atoms with Crippen molar-refractivity contribution in [2.75, 3.05) is 11.9 Å². The summed E-state index contributed by atoms with van der Waals surface area (Å²) in [5, 5.41) is 15.9. The van der Waals surface area contributed by atoms with E-state index < -0.39 is 6.09 Å². The van der Waals surface area contributed by atoms with E-state index in [1.165, 1.54) is 13.1 Å². The van der Waals surface area contributed by atoms with E-state index in [-0.39, 0.29) is 23.4 Å². The maximum absolute atomic E-state index is 12.8. The van der Waals surface area contributed by atoms with E-state index in [1.807, 2.05) is 26.0 Å². The van der Waals surface area contributed by atoms with Crippen molar-refractivity contribution in [1.29, 1.82) is 0 Å². The number of fused-ring (bicyclic) bond motifs is 3. The Morgan fingerprint density at radius 2 is 1.94 bits per heavy atom. The minimum Gasteiger partial charge on any atom is -0.493 e. The average Bonchev–Trinajstić information content (AvgIpc) is 2.69. The molecule has 2 heterocycles. The van der Waals surface area contributed by atoms with Crippen LogP contribution in [0, 0.1) is 5.92 Å². The molecule has 0 aliphatic rings. The molecule has 0 spiro atoms. The Hall–Kier alpha value is -3.62. The average molecular weight is 426 g/mol. The Morgan fingerprint density at radius 1 is 1.19 bits per heavy atom. The smallest absolute Gasteiger partial charge is 0.404 e. The summed E-state index contributed by atoms with van der Waals surface area (Å²) in [6, 6.07) is 7.03. The molecule has 0 saturated carbocycles. The third-order valence-corrected chi connectivity index (χ3v) is 5.02. The van der Waals surface area contributed by atoms with Crippen LogP contribution >= 0.6 is 0 Å². The van der Waals surface area contributed by atoms with Crippen molar-refractivity contribution in [2.24, 2.45) is 13.0 Å². The number of anilines is 1. The Bertz CT molecular complexity index is 1200. The molecule has 164 valence electrons. The molecule has 0 aliphatic heterocycles. The third kappa shape index (κ3) is 5.11. The number of rotatable bonds is 7. The molecule has 0 saturated heterocycles. The molecule has 31 heavy (non-hydrogen) atoms. The molecule has 0 radical (unpaired) electrons. The number of hydrogen-bond donors (Lipinski definition) is 3. The number of amides is 2. The Balaban J connectivity index is 1.88. The molecule has 3 N–H and O–H groups in total. The van der Waals surface area contributed by atoms with Crippen LogP contribution in [-0.4, -0.2) is 39.3 Å². The van der Waals surface area contributed by atoms with Gasteiger partial charge in [-0.2, -0.15) is 0 Å². The predicted octanol–water partition coefficient (Wildman–Crippen LogP) is 3.11. The number of aryl methyl sites for hydroxylation is 1. The van der Waals surface area contributed by atoms with Crippen molar-refractivity contribution in [1.82, 2.24) is 14.9 Å². The minimum atomic E-state index is -1.04. The molecule has 0 aliphatic carbocycles. The number of nitrogens with one attached hydrogen (secondary N) is 2. The van der Waals surface area contributed by atoms with Crippen LogP contribution in [0.1, 0.15) is 27.2 Å². The highest BCUT2D eigenvalue weighted by Gasteiger charge is 2.14. The summed E-state index contributed by atoms with van der Waals surface area (Å²) in [5.74, 6) is 0.887. The van der Waals surface area contributed by atoms with Gasteiger partial charge in [-0.15, -0.1) is 0 Å². The van der Waals surface area contributed by atoms with Gasteiger partial charge in [0.15, 0.2) is 0 Å². The van der Waals surface area contributed by atoms with E-state index in [2.05, 4.69) is 15.6 Å². The number of aromatic nitrogens is 2. The second kappa shape index (κ2) is 9.03. The van der Waals surface area contributed by atoms with E-state index in [4.69, 9.17) is 9.84 Å². The van der Waals surface area contributed by atoms with Gasteiger partial charge in [-0.25, -0.2) is 9.78 Å². The first-order valence-corrected chi connectivity index (χ1v) is 9.98. The van der Waals surface area contributed by atoms with Gasteiger partial charge in [-0.3, -0.25) is 9.59 Å². The fraction of sp³-hybridized carbons (Fsp3) is 0.364. The number of carbonyl (C=O) groups excluding carboxylic acids is 1. The second-order valence-corrected chi connectivity index (χ2v) is 7.84. The molecule has 2 atom stereocenters. The van der Waals surface area contributed by atoms with Crippen molar-refractivity contribution < 1.29 is 19.4 Å². The van der Waals surface area contributed by atoms with Gasteiger partial charge in [0, 0.05) is 43.0 Å². The minimum absolute atomic E-state index is 0.129. The lowest BCUT2D eigenvalue weighted by Crippen LogP contribution is -2.33. The molecule has 9 heteroatoms. The fourth-order valence-electron chi connectivity index (χ4n) is 3.67. The maximum Gasteiger partial charge on any atom is 0.404 e. The van der Waals surface area contributed by atoms with Gasteiger partial charge in [0.1, 0.15) is 11.6 Å². The molecule has 3 aromatic rings. The summed E-state index contributed by atoms with van der Waals surface area (Å²) in [4.78, 5) is 39.0. The number of hydrogen-bond acceptors (Lipinski definition) is 5. The second-order valence-electron chi connectivity index (χ2n) is 7.84. The van der Waals surface area contributed by atoms with Crippen LogP contribution in [0.4, 0.5) is 10.6 Å². The third-order valence-electron chi connectivity index (χ3n) is 5.02. The Labute approximate surface area is 179 Å². The Morgan fingerprint density at radius 3 is 2.61 bits per heavy atom. The Kier molecular flexibility index (Phi) is 6.43. The van der Waals surface area contributed by atoms with Crippen LogP contribution in [0.25, 0.3) is 21.7 Å². The van der Waals surface area contributed by atoms with Crippen LogP contribution in [-0.2, 0) is 11.8 Å². The van der Waals surface area contributed by atoms with Gasteiger partial charge in [0.2, 0.25) is 5.91 Å². The monoisotopic (exact) mass is 426 g/mol. The van der Waals surface area contributed by atoms with Crippen molar-refractivity contribution in [3.63, 3.8) is 0 Å². The highest BCUT2D eigenvalue weighted by atomic mass is 16.5. The van der Waals surface area contributed by atoms with Gasteiger partial charge in [0.05, 0.1) is 17.5 Å². The molecule has 3 rings (SSSR count). The molecule has 1 aromatic carbocycles. The maximum atomic E-state index is 12.8. The van der Waals surface area contributed by atoms with Crippen LogP contribution in [0.15, 0.2) is 35.3 Å². The standard InChI is InChI=1S/C22H26N4O5/c1-12(7-13(2)24-22(29)30)11-31-15-5-6-16-17-9-20(25-14(3)27)23-10-18(17)21(28)26(4)19(16)8-15/h5-6,8-10,12-13,24H,7,11H2,1-4H3,(H,29,30)(H,23,25,27). The highest BCUT2D eigenvalue weighted by Crippen LogP contribution is 2.27. The van der Waals surface area contributed by atoms with Crippen molar-refractivity contribution >= 4 is 39.5 Å². The van der Waals surface area contributed by atoms with E-state index in [0.29, 0.717) is 40.9 Å².